The molecule has 0 bridgehead atoms. The second kappa shape index (κ2) is 7.12. The van der Waals surface area contributed by atoms with Crippen LogP contribution in [0.15, 0.2) is 84.3 Å². The van der Waals surface area contributed by atoms with Crippen molar-refractivity contribution in [1.82, 2.24) is 9.97 Å². The van der Waals surface area contributed by atoms with Crippen LogP contribution in [0.25, 0.3) is 56.7 Å². The van der Waals surface area contributed by atoms with E-state index in [1.54, 1.807) is 0 Å². The Bertz CT molecular complexity index is 1430. The fraction of sp³-hybridized carbons (Fsp3) is 0.0370. The van der Waals surface area contributed by atoms with Gasteiger partial charge in [0.1, 0.15) is 5.58 Å². The first-order valence-electron chi connectivity index (χ1n) is 9.84. The first kappa shape index (κ1) is 18.1. The minimum atomic E-state index is 0.621. The molecule has 0 saturated heterocycles. The molecule has 0 aliphatic rings. The van der Waals surface area contributed by atoms with Crippen LogP contribution in [-0.4, -0.2) is 9.97 Å². The van der Waals surface area contributed by atoms with Gasteiger partial charge in [0.15, 0.2) is 5.82 Å². The van der Waals surface area contributed by atoms with Gasteiger partial charge < -0.3 is 4.42 Å². The van der Waals surface area contributed by atoms with Gasteiger partial charge in [0.05, 0.1) is 11.1 Å². The molecule has 0 saturated carbocycles. The third-order valence-corrected chi connectivity index (χ3v) is 5.44. The Labute approximate surface area is 175 Å². The van der Waals surface area contributed by atoms with Crippen molar-refractivity contribution in [1.29, 1.82) is 0 Å². The molecule has 3 aromatic carbocycles. The highest BCUT2D eigenvalue weighted by Gasteiger charge is 2.14. The van der Waals surface area contributed by atoms with Crippen molar-refractivity contribution in [3.8, 4) is 22.5 Å². The third-order valence-electron chi connectivity index (χ3n) is 5.44. The Balaban J connectivity index is 1.60. The highest BCUT2D eigenvalue weighted by Crippen LogP contribution is 2.32. The van der Waals surface area contributed by atoms with E-state index in [9.17, 15) is 0 Å². The largest absolute Gasteiger partial charge is 0.438 e. The van der Waals surface area contributed by atoms with E-state index >= 15 is 0 Å². The number of rotatable bonds is 4. The third kappa shape index (κ3) is 2.83. The highest BCUT2D eigenvalue weighted by molar-refractivity contribution is 6.05. The maximum absolute atomic E-state index is 5.97. The molecule has 5 aromatic rings. The molecule has 3 heteroatoms. The molecule has 0 aliphatic heterocycles. The standard InChI is InChI=1S/C27H20N2O/c1-4-18-9-8-11-22(21(18)5-2)19-13-15-20(16-14-19)26-28-17(3)25-23-10-6-7-12-24(23)30-27(25)29-26/h4-16H,1-2H2,3H3. The first-order valence-corrected chi connectivity index (χ1v) is 9.84. The maximum Gasteiger partial charge on any atom is 0.231 e. The molecule has 0 amide bonds. The van der Waals surface area contributed by atoms with Crippen molar-refractivity contribution in [2.75, 3.05) is 0 Å². The lowest BCUT2D eigenvalue weighted by Gasteiger charge is -2.10. The number of para-hydroxylation sites is 1. The lowest BCUT2D eigenvalue weighted by atomic mass is 9.94. The Morgan fingerprint density at radius 2 is 1.57 bits per heavy atom. The summed E-state index contributed by atoms with van der Waals surface area (Å²) in [7, 11) is 0. The van der Waals surface area contributed by atoms with Crippen LogP contribution in [0, 0.1) is 6.92 Å². The van der Waals surface area contributed by atoms with Crippen LogP contribution in [0.3, 0.4) is 0 Å². The fourth-order valence-corrected chi connectivity index (χ4v) is 3.97. The Morgan fingerprint density at radius 3 is 2.33 bits per heavy atom. The molecule has 0 N–H and O–H groups in total. The minimum absolute atomic E-state index is 0.621. The minimum Gasteiger partial charge on any atom is -0.438 e. The summed E-state index contributed by atoms with van der Waals surface area (Å²) in [6.45, 7) is 9.87. The summed E-state index contributed by atoms with van der Waals surface area (Å²) in [5, 5.41) is 2.02. The second-order valence-corrected chi connectivity index (χ2v) is 7.21. The van der Waals surface area contributed by atoms with Crippen LogP contribution in [0.2, 0.25) is 0 Å². The molecule has 0 unspecified atom stereocenters. The molecule has 30 heavy (non-hydrogen) atoms. The molecule has 0 fully saturated rings. The van der Waals surface area contributed by atoms with Crippen molar-refractivity contribution in [3.05, 3.63) is 96.7 Å². The van der Waals surface area contributed by atoms with E-state index in [1.807, 2.05) is 67.6 Å². The summed E-state index contributed by atoms with van der Waals surface area (Å²) in [5.74, 6) is 0.661. The zero-order chi connectivity index (χ0) is 20.7. The van der Waals surface area contributed by atoms with Gasteiger partial charge >= 0.3 is 0 Å². The summed E-state index contributed by atoms with van der Waals surface area (Å²) in [4.78, 5) is 9.46. The van der Waals surface area contributed by atoms with Crippen molar-refractivity contribution in [2.45, 2.75) is 6.92 Å². The van der Waals surface area contributed by atoms with Gasteiger partial charge in [-0.15, -0.1) is 0 Å². The molecule has 0 radical (unpaired) electrons. The molecule has 0 spiro atoms. The zero-order valence-electron chi connectivity index (χ0n) is 16.7. The highest BCUT2D eigenvalue weighted by atomic mass is 16.3. The van der Waals surface area contributed by atoms with Gasteiger partial charge in [-0.1, -0.05) is 86.0 Å². The van der Waals surface area contributed by atoms with Gasteiger partial charge in [0, 0.05) is 10.9 Å². The van der Waals surface area contributed by atoms with Crippen molar-refractivity contribution in [3.63, 3.8) is 0 Å². The van der Waals surface area contributed by atoms with Crippen LogP contribution in [-0.2, 0) is 0 Å². The molecule has 144 valence electrons. The summed E-state index contributed by atoms with van der Waals surface area (Å²) in [6.07, 6.45) is 3.73. The summed E-state index contributed by atoms with van der Waals surface area (Å²) in [5.41, 5.74) is 7.70. The topological polar surface area (TPSA) is 38.9 Å². The lowest BCUT2D eigenvalue weighted by Crippen LogP contribution is -1.93. The molecule has 2 aromatic heterocycles. The lowest BCUT2D eigenvalue weighted by molar-refractivity contribution is 0.653. The van der Waals surface area contributed by atoms with E-state index in [1.165, 1.54) is 0 Å². The number of hydrogen-bond donors (Lipinski definition) is 0. The van der Waals surface area contributed by atoms with Crippen LogP contribution in [0.4, 0.5) is 0 Å². The molecular weight excluding hydrogens is 368 g/mol. The predicted octanol–water partition coefficient (Wildman–Crippen LogP) is 7.30. The summed E-state index contributed by atoms with van der Waals surface area (Å²) < 4.78 is 5.97. The Kier molecular flexibility index (Phi) is 4.29. The van der Waals surface area contributed by atoms with Gasteiger partial charge in [0.2, 0.25) is 5.71 Å². The average Bonchev–Trinajstić information content (AvgIpc) is 3.17. The summed E-state index contributed by atoms with van der Waals surface area (Å²) in [6, 6.07) is 22.4. The predicted molar refractivity (Wildman–Crippen MR) is 125 cm³/mol. The van der Waals surface area contributed by atoms with E-state index in [2.05, 4.69) is 31.4 Å². The monoisotopic (exact) mass is 388 g/mol. The van der Waals surface area contributed by atoms with Gasteiger partial charge in [-0.3, -0.25) is 0 Å². The van der Waals surface area contributed by atoms with Gasteiger partial charge in [-0.05, 0) is 35.2 Å². The van der Waals surface area contributed by atoms with Gasteiger partial charge in [-0.25, -0.2) is 4.98 Å². The van der Waals surface area contributed by atoms with Crippen molar-refractivity contribution >= 4 is 34.2 Å². The number of furan rings is 1. The van der Waals surface area contributed by atoms with Gasteiger partial charge in [-0.2, -0.15) is 4.98 Å². The quantitative estimate of drug-likeness (QED) is 0.324. The summed E-state index contributed by atoms with van der Waals surface area (Å²) >= 11 is 0. The molecule has 5 rings (SSSR count). The van der Waals surface area contributed by atoms with Crippen LogP contribution >= 0.6 is 0 Å². The number of aromatic nitrogens is 2. The average molecular weight is 388 g/mol. The van der Waals surface area contributed by atoms with E-state index in [4.69, 9.17) is 14.4 Å². The number of aryl methyl sites for hydroxylation is 1. The van der Waals surface area contributed by atoms with Crippen molar-refractivity contribution in [2.24, 2.45) is 0 Å². The molecular formula is C27H20N2O. The van der Waals surface area contributed by atoms with Crippen LogP contribution in [0.5, 0.6) is 0 Å². The SMILES string of the molecule is C=Cc1cccc(-c2ccc(-c3nc(C)c4c(n3)oc3ccccc34)cc2)c1C=C. The molecule has 0 aliphatic carbocycles. The molecule has 3 nitrogen and oxygen atoms in total. The number of fused-ring (bicyclic) bond motifs is 3. The van der Waals surface area contributed by atoms with Crippen molar-refractivity contribution < 1.29 is 4.42 Å². The van der Waals surface area contributed by atoms with Crippen LogP contribution < -0.4 is 0 Å². The van der Waals surface area contributed by atoms with E-state index in [0.29, 0.717) is 11.5 Å². The van der Waals surface area contributed by atoms with Gasteiger partial charge in [0.25, 0.3) is 0 Å². The zero-order valence-corrected chi connectivity index (χ0v) is 16.7. The normalized spacial score (nSPS) is 11.1. The van der Waals surface area contributed by atoms with E-state index in [-0.39, 0.29) is 0 Å². The maximum atomic E-state index is 5.97. The van der Waals surface area contributed by atoms with E-state index < -0.39 is 0 Å². The van der Waals surface area contributed by atoms with E-state index in [0.717, 1.165) is 49.9 Å². The first-order chi connectivity index (χ1) is 14.7. The number of hydrogen-bond acceptors (Lipinski definition) is 3. The molecule has 2 heterocycles. The smallest absolute Gasteiger partial charge is 0.231 e. The Morgan fingerprint density at radius 1 is 0.800 bits per heavy atom. The fourth-order valence-electron chi connectivity index (χ4n) is 3.97. The van der Waals surface area contributed by atoms with Crippen LogP contribution in [0.1, 0.15) is 16.8 Å². The number of nitrogens with zero attached hydrogens (tertiary/aromatic N) is 2. The Hall–Kier alpha value is -3.98. The molecule has 0 atom stereocenters. The number of benzene rings is 3. The second-order valence-electron chi connectivity index (χ2n) is 7.21.